The number of aliphatic hydroxyl groups is 2. The molecule has 0 unspecified atom stereocenters. The van der Waals surface area contributed by atoms with Gasteiger partial charge in [0.25, 0.3) is 0 Å². The standard InChI is InChI=1S/C22H25N3O4/c1-22(2)21(28)20(17-12-15(13-23)8-9-18(17)29-22)25(14-19(27)24-10-11-26)16-6-4-3-5-7-16/h3-9,12,20-21,26,28H,10-11,14H2,1-2H3,(H,24,27)/t20-,21+/m0/s1. The molecule has 152 valence electrons. The molecule has 3 rings (SSSR count). The van der Waals surface area contributed by atoms with Crippen LogP contribution in [0.5, 0.6) is 5.75 Å². The predicted octanol–water partition coefficient (Wildman–Crippen LogP) is 1.75. The topological polar surface area (TPSA) is 106 Å². The van der Waals surface area contributed by atoms with Gasteiger partial charge in [-0.05, 0) is 44.2 Å². The summed E-state index contributed by atoms with van der Waals surface area (Å²) in [5.41, 5.74) is 0.943. The number of rotatable bonds is 6. The van der Waals surface area contributed by atoms with Crippen molar-refractivity contribution in [2.45, 2.75) is 31.6 Å². The van der Waals surface area contributed by atoms with Crippen molar-refractivity contribution in [3.05, 3.63) is 59.7 Å². The summed E-state index contributed by atoms with van der Waals surface area (Å²) in [5.74, 6) is 0.290. The maximum absolute atomic E-state index is 12.5. The number of fused-ring (bicyclic) bond motifs is 1. The lowest BCUT2D eigenvalue weighted by Gasteiger charge is -2.47. The molecule has 0 aliphatic carbocycles. The molecule has 29 heavy (non-hydrogen) atoms. The quantitative estimate of drug-likeness (QED) is 0.688. The molecule has 0 radical (unpaired) electrons. The molecule has 0 saturated carbocycles. The first-order valence-electron chi connectivity index (χ1n) is 9.47. The third-order valence-corrected chi connectivity index (χ3v) is 5.01. The van der Waals surface area contributed by atoms with Crippen LogP contribution in [0.1, 0.15) is 31.0 Å². The van der Waals surface area contributed by atoms with Crippen molar-refractivity contribution in [3.63, 3.8) is 0 Å². The third kappa shape index (κ3) is 4.34. The Labute approximate surface area is 170 Å². The SMILES string of the molecule is CC1(C)Oc2ccc(C#N)cc2[C@H](N(CC(=O)NCCO)c2ccccc2)[C@H]1O. The van der Waals surface area contributed by atoms with Crippen LogP contribution in [0, 0.1) is 11.3 Å². The Kier molecular flexibility index (Phi) is 6.06. The number of carbonyl (C=O) groups excluding carboxylic acids is 1. The molecule has 2 aromatic carbocycles. The number of nitrogens with one attached hydrogen (secondary N) is 1. The fraction of sp³-hybridized carbons (Fsp3) is 0.364. The zero-order valence-electron chi connectivity index (χ0n) is 16.5. The van der Waals surface area contributed by atoms with Crippen LogP contribution < -0.4 is 15.0 Å². The molecule has 7 heteroatoms. The molecule has 0 bridgehead atoms. The molecule has 2 aromatic rings. The van der Waals surface area contributed by atoms with Crippen LogP contribution in [-0.2, 0) is 4.79 Å². The number of hydrogen-bond acceptors (Lipinski definition) is 6. The first-order chi connectivity index (χ1) is 13.9. The molecule has 7 nitrogen and oxygen atoms in total. The van der Waals surface area contributed by atoms with Gasteiger partial charge in [-0.2, -0.15) is 5.26 Å². The van der Waals surface area contributed by atoms with Crippen molar-refractivity contribution >= 4 is 11.6 Å². The molecule has 1 heterocycles. The summed E-state index contributed by atoms with van der Waals surface area (Å²) in [6.07, 6.45) is -0.963. The van der Waals surface area contributed by atoms with Crippen LogP contribution in [-0.4, -0.2) is 47.5 Å². The highest BCUT2D eigenvalue weighted by molar-refractivity contribution is 5.81. The average Bonchev–Trinajstić information content (AvgIpc) is 2.72. The molecule has 0 fully saturated rings. The lowest BCUT2D eigenvalue weighted by atomic mass is 9.84. The molecule has 0 aromatic heterocycles. The molecule has 0 saturated heterocycles. The number of nitrogens with zero attached hydrogens (tertiary/aromatic N) is 2. The Hall–Kier alpha value is -3.08. The minimum Gasteiger partial charge on any atom is -0.485 e. The Bertz CT molecular complexity index is 908. The van der Waals surface area contributed by atoms with E-state index in [-0.39, 0.29) is 25.6 Å². The molecule has 0 spiro atoms. The minimum absolute atomic E-state index is 0.0297. The van der Waals surface area contributed by atoms with Gasteiger partial charge in [-0.15, -0.1) is 0 Å². The molecule has 2 atom stereocenters. The summed E-state index contributed by atoms with van der Waals surface area (Å²) >= 11 is 0. The Morgan fingerprint density at radius 3 is 2.66 bits per heavy atom. The largest absolute Gasteiger partial charge is 0.485 e. The van der Waals surface area contributed by atoms with E-state index in [0.29, 0.717) is 16.9 Å². The van der Waals surface area contributed by atoms with Crippen molar-refractivity contribution in [2.24, 2.45) is 0 Å². The lowest BCUT2D eigenvalue weighted by molar-refractivity contribution is -0.120. The summed E-state index contributed by atoms with van der Waals surface area (Å²) in [6.45, 7) is 3.55. The van der Waals surface area contributed by atoms with Crippen molar-refractivity contribution in [1.29, 1.82) is 5.26 Å². The Morgan fingerprint density at radius 2 is 2.00 bits per heavy atom. The molecule has 1 aliphatic heterocycles. The highest BCUT2D eigenvalue weighted by Crippen LogP contribution is 2.44. The van der Waals surface area contributed by atoms with Crippen molar-refractivity contribution < 1.29 is 19.7 Å². The zero-order valence-corrected chi connectivity index (χ0v) is 16.5. The van der Waals surface area contributed by atoms with Crippen LogP contribution >= 0.6 is 0 Å². The fourth-order valence-corrected chi connectivity index (χ4v) is 3.55. The van der Waals surface area contributed by atoms with Crippen molar-refractivity contribution in [3.8, 4) is 11.8 Å². The van der Waals surface area contributed by atoms with Gasteiger partial charge in [0.1, 0.15) is 17.5 Å². The van der Waals surface area contributed by atoms with Gasteiger partial charge >= 0.3 is 0 Å². The van der Waals surface area contributed by atoms with Crippen LogP contribution in [0.25, 0.3) is 0 Å². The average molecular weight is 395 g/mol. The van der Waals surface area contributed by atoms with E-state index in [1.807, 2.05) is 35.2 Å². The van der Waals surface area contributed by atoms with Crippen molar-refractivity contribution in [1.82, 2.24) is 5.32 Å². The second-order valence-corrected chi connectivity index (χ2v) is 7.50. The molecule has 1 amide bonds. The van der Waals surface area contributed by atoms with Gasteiger partial charge in [0.05, 0.1) is 30.8 Å². The number of hydrogen-bond donors (Lipinski definition) is 3. The first-order valence-corrected chi connectivity index (χ1v) is 9.47. The second-order valence-electron chi connectivity index (χ2n) is 7.50. The van der Waals surface area contributed by atoms with Crippen LogP contribution in [0.4, 0.5) is 5.69 Å². The smallest absolute Gasteiger partial charge is 0.239 e. The van der Waals surface area contributed by atoms with Crippen LogP contribution in [0.3, 0.4) is 0 Å². The summed E-state index contributed by atoms with van der Waals surface area (Å²) in [6, 6.07) is 15.9. The monoisotopic (exact) mass is 395 g/mol. The van der Waals surface area contributed by atoms with E-state index < -0.39 is 17.7 Å². The number of amides is 1. The number of nitriles is 1. The predicted molar refractivity (Wildman–Crippen MR) is 108 cm³/mol. The fourth-order valence-electron chi connectivity index (χ4n) is 3.55. The second kappa shape index (κ2) is 8.52. The minimum atomic E-state index is -0.963. The Balaban J connectivity index is 2.10. The Morgan fingerprint density at radius 1 is 1.28 bits per heavy atom. The van der Waals surface area contributed by atoms with E-state index in [9.17, 15) is 15.2 Å². The van der Waals surface area contributed by atoms with E-state index in [2.05, 4.69) is 11.4 Å². The molecular weight excluding hydrogens is 370 g/mol. The van der Waals surface area contributed by atoms with Crippen LogP contribution in [0.15, 0.2) is 48.5 Å². The van der Waals surface area contributed by atoms with E-state index in [1.165, 1.54) is 0 Å². The molecule has 3 N–H and O–H groups in total. The zero-order chi connectivity index (χ0) is 21.0. The van der Waals surface area contributed by atoms with E-state index >= 15 is 0 Å². The van der Waals surface area contributed by atoms with Crippen molar-refractivity contribution in [2.75, 3.05) is 24.6 Å². The van der Waals surface area contributed by atoms with Gasteiger partial charge in [-0.25, -0.2) is 0 Å². The van der Waals surface area contributed by atoms with E-state index in [4.69, 9.17) is 9.84 Å². The number of anilines is 1. The van der Waals surface area contributed by atoms with Gasteiger partial charge < -0.3 is 25.2 Å². The van der Waals surface area contributed by atoms with Gasteiger partial charge in [0.15, 0.2) is 0 Å². The number of aliphatic hydroxyl groups excluding tert-OH is 2. The van der Waals surface area contributed by atoms with Gasteiger partial charge in [0.2, 0.25) is 5.91 Å². The number of carbonyl (C=O) groups is 1. The summed E-state index contributed by atoms with van der Waals surface area (Å²) in [5, 5.41) is 32.2. The number of benzene rings is 2. The maximum Gasteiger partial charge on any atom is 0.239 e. The lowest BCUT2D eigenvalue weighted by Crippen LogP contribution is -2.55. The van der Waals surface area contributed by atoms with Gasteiger partial charge in [0, 0.05) is 17.8 Å². The number of ether oxygens (including phenoxy) is 1. The maximum atomic E-state index is 12.5. The van der Waals surface area contributed by atoms with E-state index in [0.717, 1.165) is 5.69 Å². The third-order valence-electron chi connectivity index (χ3n) is 5.01. The van der Waals surface area contributed by atoms with E-state index in [1.54, 1.807) is 32.0 Å². The normalized spacial score (nSPS) is 19.4. The molecule has 1 aliphatic rings. The highest BCUT2D eigenvalue weighted by Gasteiger charge is 2.46. The van der Waals surface area contributed by atoms with Crippen LogP contribution in [0.2, 0.25) is 0 Å². The number of para-hydroxylation sites is 1. The summed E-state index contributed by atoms with van der Waals surface area (Å²) < 4.78 is 6.00. The molecular formula is C22H25N3O4. The highest BCUT2D eigenvalue weighted by atomic mass is 16.5. The summed E-state index contributed by atoms with van der Waals surface area (Å²) in [7, 11) is 0. The first kappa shape index (κ1) is 20.6. The van der Waals surface area contributed by atoms with Gasteiger partial charge in [-0.1, -0.05) is 18.2 Å². The summed E-state index contributed by atoms with van der Waals surface area (Å²) in [4.78, 5) is 14.3. The van der Waals surface area contributed by atoms with Gasteiger partial charge in [-0.3, -0.25) is 4.79 Å².